The first-order chi connectivity index (χ1) is 15.1. The number of thiophene rings is 1. The van der Waals surface area contributed by atoms with Crippen LogP contribution in [0.5, 0.6) is 0 Å². The van der Waals surface area contributed by atoms with Crippen LogP contribution in [0, 0.1) is 6.92 Å². The van der Waals surface area contributed by atoms with Crippen LogP contribution in [0.2, 0.25) is 0 Å². The first-order valence-corrected chi connectivity index (χ1v) is 11.4. The molecule has 0 saturated carbocycles. The Labute approximate surface area is 188 Å². The Kier molecular flexibility index (Phi) is 6.54. The van der Waals surface area contributed by atoms with Crippen molar-refractivity contribution in [2.75, 3.05) is 5.75 Å². The summed E-state index contributed by atoms with van der Waals surface area (Å²) in [7, 11) is 0. The molecule has 3 aromatic heterocycles. The number of aromatic nitrogens is 4. The van der Waals surface area contributed by atoms with E-state index in [1.54, 1.807) is 23.7 Å². The number of pyridine rings is 1. The average Bonchev–Trinajstić information content (AvgIpc) is 3.48. The van der Waals surface area contributed by atoms with Gasteiger partial charge in [-0.25, -0.2) is 5.43 Å². The van der Waals surface area contributed by atoms with Gasteiger partial charge in [-0.3, -0.25) is 14.3 Å². The molecule has 0 aliphatic rings. The number of hydrogen-bond donors (Lipinski definition) is 1. The Balaban J connectivity index is 1.54. The van der Waals surface area contributed by atoms with Gasteiger partial charge < -0.3 is 0 Å². The zero-order valence-electron chi connectivity index (χ0n) is 17.0. The summed E-state index contributed by atoms with van der Waals surface area (Å²) in [5, 5.41) is 15.5. The molecule has 0 aliphatic carbocycles. The number of aryl methyl sites for hydroxylation is 1. The number of nitrogens with one attached hydrogen (secondary N) is 1. The lowest BCUT2D eigenvalue weighted by Gasteiger charge is -2.10. The van der Waals surface area contributed by atoms with Crippen LogP contribution in [0.4, 0.5) is 0 Å². The van der Waals surface area contributed by atoms with Gasteiger partial charge in [-0.05, 0) is 49.6 Å². The van der Waals surface area contributed by atoms with Crippen LogP contribution < -0.4 is 5.43 Å². The van der Waals surface area contributed by atoms with Crippen molar-refractivity contribution in [1.82, 2.24) is 25.2 Å². The molecule has 1 amide bonds. The largest absolute Gasteiger partial charge is 0.272 e. The Morgan fingerprint density at radius 1 is 1.13 bits per heavy atom. The summed E-state index contributed by atoms with van der Waals surface area (Å²) >= 11 is 2.89. The number of hydrazone groups is 1. The third kappa shape index (κ3) is 5.07. The van der Waals surface area contributed by atoms with Gasteiger partial charge in [0, 0.05) is 28.5 Å². The van der Waals surface area contributed by atoms with Crippen molar-refractivity contribution in [1.29, 1.82) is 0 Å². The number of amides is 1. The lowest BCUT2D eigenvalue weighted by atomic mass is 10.2. The Hall–Kier alpha value is -3.30. The summed E-state index contributed by atoms with van der Waals surface area (Å²) in [6.07, 6.45) is 3.44. The van der Waals surface area contributed by atoms with Gasteiger partial charge in [0.15, 0.2) is 11.0 Å². The first kappa shape index (κ1) is 21.0. The smallest absolute Gasteiger partial charge is 0.250 e. The van der Waals surface area contributed by atoms with E-state index in [0.29, 0.717) is 11.0 Å². The minimum absolute atomic E-state index is 0.168. The van der Waals surface area contributed by atoms with Crippen molar-refractivity contribution in [3.05, 3.63) is 76.7 Å². The monoisotopic (exact) mass is 448 g/mol. The highest BCUT2D eigenvalue weighted by Crippen LogP contribution is 2.27. The zero-order valence-corrected chi connectivity index (χ0v) is 18.7. The molecule has 0 aliphatic heterocycles. The van der Waals surface area contributed by atoms with Crippen molar-refractivity contribution in [3.63, 3.8) is 0 Å². The summed E-state index contributed by atoms with van der Waals surface area (Å²) in [6.45, 7) is 3.91. The molecule has 7 nitrogen and oxygen atoms in total. The van der Waals surface area contributed by atoms with Crippen molar-refractivity contribution < 1.29 is 4.79 Å². The fourth-order valence-corrected chi connectivity index (χ4v) is 4.25. The van der Waals surface area contributed by atoms with E-state index in [1.165, 1.54) is 11.8 Å². The number of thioether (sulfide) groups is 1. The standard InChI is InChI=1S/C22H20N6OS2/c1-15-5-7-18(8-6-15)28-21(17-9-11-23-12-10-17)26-27-22(28)31-14-20(29)25-24-16(2)19-4-3-13-30-19/h3-13H,14H2,1-2H3,(H,25,29)/b24-16-. The van der Waals surface area contributed by atoms with Gasteiger partial charge in [0.05, 0.1) is 11.5 Å². The molecule has 0 atom stereocenters. The molecule has 156 valence electrons. The lowest BCUT2D eigenvalue weighted by Crippen LogP contribution is -2.21. The molecule has 3 heterocycles. The fourth-order valence-electron chi connectivity index (χ4n) is 2.83. The van der Waals surface area contributed by atoms with Crippen molar-refractivity contribution in [2.24, 2.45) is 5.10 Å². The Morgan fingerprint density at radius 2 is 1.90 bits per heavy atom. The summed E-state index contributed by atoms with van der Waals surface area (Å²) in [4.78, 5) is 17.5. The van der Waals surface area contributed by atoms with Crippen molar-refractivity contribution in [2.45, 2.75) is 19.0 Å². The zero-order chi connectivity index (χ0) is 21.6. The van der Waals surface area contributed by atoms with E-state index in [-0.39, 0.29) is 11.7 Å². The van der Waals surface area contributed by atoms with Crippen LogP contribution in [-0.4, -0.2) is 37.1 Å². The van der Waals surface area contributed by atoms with Gasteiger partial charge in [-0.2, -0.15) is 5.10 Å². The number of carbonyl (C=O) groups excluding carboxylic acids is 1. The van der Waals surface area contributed by atoms with Crippen LogP contribution in [0.15, 0.2) is 76.6 Å². The highest BCUT2D eigenvalue weighted by atomic mass is 32.2. The molecule has 0 radical (unpaired) electrons. The molecular formula is C22H20N6OS2. The van der Waals surface area contributed by atoms with Crippen LogP contribution in [0.1, 0.15) is 17.4 Å². The first-order valence-electron chi connectivity index (χ1n) is 9.54. The van der Waals surface area contributed by atoms with Gasteiger partial charge in [0.2, 0.25) is 0 Å². The van der Waals surface area contributed by atoms with Gasteiger partial charge in [0.1, 0.15) is 0 Å². The molecule has 31 heavy (non-hydrogen) atoms. The summed E-state index contributed by atoms with van der Waals surface area (Å²) in [5.74, 6) is 0.659. The van der Waals surface area contributed by atoms with Crippen LogP contribution in [0.3, 0.4) is 0 Å². The molecule has 0 fully saturated rings. The fraction of sp³-hybridized carbons (Fsp3) is 0.136. The highest BCUT2D eigenvalue weighted by Gasteiger charge is 2.17. The maximum atomic E-state index is 12.4. The third-order valence-corrected chi connectivity index (χ3v) is 6.33. The molecule has 1 aromatic carbocycles. The topological polar surface area (TPSA) is 85.1 Å². The van der Waals surface area contributed by atoms with E-state index in [9.17, 15) is 4.79 Å². The van der Waals surface area contributed by atoms with E-state index in [2.05, 4.69) is 25.7 Å². The molecule has 9 heteroatoms. The van der Waals surface area contributed by atoms with E-state index in [1.807, 2.05) is 72.3 Å². The SMILES string of the molecule is C/C(=N/NC(=O)CSc1nnc(-c2ccncc2)n1-c1ccc(C)cc1)c1cccs1. The lowest BCUT2D eigenvalue weighted by molar-refractivity contribution is -0.118. The molecular weight excluding hydrogens is 428 g/mol. The van der Waals surface area contributed by atoms with Crippen LogP contribution in [0.25, 0.3) is 17.1 Å². The Bertz CT molecular complexity index is 1180. The van der Waals surface area contributed by atoms with E-state index < -0.39 is 0 Å². The highest BCUT2D eigenvalue weighted by molar-refractivity contribution is 7.99. The number of rotatable bonds is 7. The normalized spacial score (nSPS) is 11.5. The van der Waals surface area contributed by atoms with Gasteiger partial charge in [-0.15, -0.1) is 21.5 Å². The molecule has 0 unspecified atom stereocenters. The minimum Gasteiger partial charge on any atom is -0.272 e. The molecule has 4 rings (SSSR count). The van der Waals surface area contributed by atoms with Gasteiger partial charge in [-0.1, -0.05) is 35.5 Å². The van der Waals surface area contributed by atoms with Crippen molar-refractivity contribution >= 4 is 34.7 Å². The average molecular weight is 449 g/mol. The minimum atomic E-state index is -0.204. The van der Waals surface area contributed by atoms with E-state index in [0.717, 1.165) is 27.4 Å². The molecule has 0 spiro atoms. The summed E-state index contributed by atoms with van der Waals surface area (Å²) in [5.41, 5.74) is 6.38. The second-order valence-electron chi connectivity index (χ2n) is 6.71. The van der Waals surface area contributed by atoms with Gasteiger partial charge in [0.25, 0.3) is 5.91 Å². The van der Waals surface area contributed by atoms with Gasteiger partial charge >= 0.3 is 0 Å². The predicted molar refractivity (Wildman–Crippen MR) is 125 cm³/mol. The maximum absolute atomic E-state index is 12.4. The third-order valence-electron chi connectivity index (χ3n) is 4.42. The maximum Gasteiger partial charge on any atom is 0.250 e. The second-order valence-corrected chi connectivity index (χ2v) is 8.60. The van der Waals surface area contributed by atoms with Crippen molar-refractivity contribution in [3.8, 4) is 17.1 Å². The molecule has 4 aromatic rings. The summed E-state index contributed by atoms with van der Waals surface area (Å²) < 4.78 is 1.95. The quantitative estimate of drug-likeness (QED) is 0.258. The predicted octanol–water partition coefficient (Wildman–Crippen LogP) is 4.33. The molecule has 0 saturated heterocycles. The Morgan fingerprint density at radius 3 is 2.61 bits per heavy atom. The number of carbonyl (C=O) groups is 1. The number of hydrogen-bond acceptors (Lipinski definition) is 7. The van der Waals surface area contributed by atoms with E-state index in [4.69, 9.17) is 0 Å². The van der Waals surface area contributed by atoms with Crippen LogP contribution in [-0.2, 0) is 4.79 Å². The molecule has 1 N–H and O–H groups in total. The molecule has 0 bridgehead atoms. The van der Waals surface area contributed by atoms with Crippen LogP contribution >= 0.6 is 23.1 Å². The van der Waals surface area contributed by atoms with E-state index >= 15 is 0 Å². The summed E-state index contributed by atoms with van der Waals surface area (Å²) in [6, 6.07) is 15.8. The second kappa shape index (κ2) is 9.67. The number of nitrogens with zero attached hydrogens (tertiary/aromatic N) is 5. The number of benzene rings is 1.